The summed E-state index contributed by atoms with van der Waals surface area (Å²) < 4.78 is 14.2. The summed E-state index contributed by atoms with van der Waals surface area (Å²) >= 11 is 5.90. The standard InChI is InChI=1S/C16H11ClFNO2/c1-9-5-12-14(13(18)6-9)19(16(21)15(12)20)8-10-3-2-4-11(17)7-10/h2-7H,8H2,1H3. The minimum absolute atomic E-state index is 0.0515. The number of aryl methyl sites for hydroxylation is 1. The highest BCUT2D eigenvalue weighted by Crippen LogP contribution is 2.34. The molecule has 2 aromatic carbocycles. The Morgan fingerprint density at radius 3 is 2.67 bits per heavy atom. The van der Waals surface area contributed by atoms with Gasteiger partial charge in [-0.25, -0.2) is 4.39 Å². The Balaban J connectivity index is 2.05. The first-order chi connectivity index (χ1) is 9.97. The van der Waals surface area contributed by atoms with E-state index in [2.05, 4.69) is 0 Å². The van der Waals surface area contributed by atoms with E-state index in [-0.39, 0.29) is 17.8 Å². The number of carbonyl (C=O) groups excluding carboxylic acids is 2. The van der Waals surface area contributed by atoms with Gasteiger partial charge in [0, 0.05) is 5.02 Å². The number of amides is 1. The van der Waals surface area contributed by atoms with E-state index >= 15 is 0 Å². The molecule has 0 spiro atoms. The van der Waals surface area contributed by atoms with Crippen LogP contribution in [0.2, 0.25) is 5.02 Å². The van der Waals surface area contributed by atoms with E-state index in [1.807, 2.05) is 0 Å². The normalized spacial score (nSPS) is 13.8. The molecule has 0 aliphatic carbocycles. The predicted molar refractivity (Wildman–Crippen MR) is 78.1 cm³/mol. The summed E-state index contributed by atoms with van der Waals surface area (Å²) in [6.07, 6.45) is 0. The molecule has 0 N–H and O–H groups in total. The largest absolute Gasteiger partial charge is 0.299 e. The van der Waals surface area contributed by atoms with Crippen molar-refractivity contribution in [1.29, 1.82) is 0 Å². The maximum Gasteiger partial charge on any atom is 0.299 e. The lowest BCUT2D eigenvalue weighted by Crippen LogP contribution is -2.29. The Kier molecular flexibility index (Phi) is 3.26. The van der Waals surface area contributed by atoms with Gasteiger partial charge in [0.15, 0.2) is 0 Å². The molecule has 0 saturated carbocycles. The van der Waals surface area contributed by atoms with Crippen molar-refractivity contribution < 1.29 is 14.0 Å². The lowest BCUT2D eigenvalue weighted by Gasteiger charge is -2.17. The van der Waals surface area contributed by atoms with Crippen LogP contribution in [0.4, 0.5) is 10.1 Å². The Labute approximate surface area is 125 Å². The van der Waals surface area contributed by atoms with Gasteiger partial charge in [0.25, 0.3) is 11.7 Å². The van der Waals surface area contributed by atoms with E-state index in [0.29, 0.717) is 10.6 Å². The molecule has 1 amide bonds. The second-order valence-corrected chi connectivity index (χ2v) is 5.43. The lowest BCUT2D eigenvalue weighted by molar-refractivity contribution is -0.114. The molecule has 3 rings (SSSR count). The van der Waals surface area contributed by atoms with Gasteiger partial charge in [0.1, 0.15) is 5.82 Å². The Morgan fingerprint density at radius 1 is 1.19 bits per heavy atom. The smallest absolute Gasteiger partial charge is 0.298 e. The van der Waals surface area contributed by atoms with E-state index in [9.17, 15) is 14.0 Å². The molecule has 0 bridgehead atoms. The predicted octanol–water partition coefficient (Wildman–Crippen LogP) is 3.52. The second kappa shape index (κ2) is 4.97. The number of nitrogens with zero attached hydrogens (tertiary/aromatic N) is 1. The molecule has 0 unspecified atom stereocenters. The summed E-state index contributed by atoms with van der Waals surface area (Å²) in [7, 11) is 0. The number of Topliss-reactive ketones (excluding diaryl/α,β-unsaturated/α-hetero) is 1. The van der Waals surface area contributed by atoms with Crippen molar-refractivity contribution in [3.63, 3.8) is 0 Å². The molecular weight excluding hydrogens is 293 g/mol. The summed E-state index contributed by atoms with van der Waals surface area (Å²) in [5.41, 5.74) is 1.52. The fourth-order valence-corrected chi connectivity index (χ4v) is 2.70. The quantitative estimate of drug-likeness (QED) is 0.796. The van der Waals surface area contributed by atoms with Gasteiger partial charge in [-0.3, -0.25) is 14.5 Å². The number of carbonyl (C=O) groups is 2. The van der Waals surface area contributed by atoms with Crippen molar-refractivity contribution in [2.24, 2.45) is 0 Å². The number of hydrogen-bond acceptors (Lipinski definition) is 2. The summed E-state index contributed by atoms with van der Waals surface area (Å²) in [6.45, 7) is 1.79. The van der Waals surface area contributed by atoms with Gasteiger partial charge in [-0.15, -0.1) is 0 Å². The summed E-state index contributed by atoms with van der Waals surface area (Å²) in [5, 5.41) is 0.523. The average Bonchev–Trinajstić information content (AvgIpc) is 2.64. The Morgan fingerprint density at radius 2 is 1.95 bits per heavy atom. The van der Waals surface area contributed by atoms with E-state index in [4.69, 9.17) is 11.6 Å². The van der Waals surface area contributed by atoms with Crippen molar-refractivity contribution in [2.75, 3.05) is 4.90 Å². The third-order valence-electron chi connectivity index (χ3n) is 3.39. The van der Waals surface area contributed by atoms with Crippen LogP contribution in [-0.4, -0.2) is 11.7 Å². The molecule has 0 saturated heterocycles. The molecule has 106 valence electrons. The number of ketones is 1. The zero-order valence-corrected chi connectivity index (χ0v) is 11.9. The van der Waals surface area contributed by atoms with Gasteiger partial charge in [-0.1, -0.05) is 23.7 Å². The van der Waals surface area contributed by atoms with Crippen LogP contribution >= 0.6 is 11.6 Å². The summed E-state index contributed by atoms with van der Waals surface area (Å²) in [5.74, 6) is -1.95. The van der Waals surface area contributed by atoms with Crippen molar-refractivity contribution >= 4 is 29.0 Å². The van der Waals surface area contributed by atoms with Crippen LogP contribution in [0.1, 0.15) is 21.5 Å². The molecule has 1 aliphatic rings. The maximum atomic E-state index is 14.2. The molecule has 1 aliphatic heterocycles. The number of hydrogen-bond donors (Lipinski definition) is 0. The molecule has 3 nitrogen and oxygen atoms in total. The summed E-state index contributed by atoms with van der Waals surface area (Å²) in [6, 6.07) is 9.76. The van der Waals surface area contributed by atoms with Crippen molar-refractivity contribution in [3.05, 3.63) is 63.9 Å². The monoisotopic (exact) mass is 303 g/mol. The van der Waals surface area contributed by atoms with Crippen LogP contribution in [-0.2, 0) is 11.3 Å². The van der Waals surface area contributed by atoms with E-state index in [1.165, 1.54) is 12.1 Å². The molecule has 2 aromatic rings. The molecule has 5 heteroatoms. The molecule has 1 heterocycles. The minimum atomic E-state index is -0.713. The van der Waals surface area contributed by atoms with Gasteiger partial charge in [-0.2, -0.15) is 0 Å². The zero-order valence-electron chi connectivity index (χ0n) is 11.2. The minimum Gasteiger partial charge on any atom is -0.298 e. The topological polar surface area (TPSA) is 37.4 Å². The number of halogens is 2. The molecule has 0 aromatic heterocycles. The SMILES string of the molecule is Cc1cc(F)c2c(c1)C(=O)C(=O)N2Cc1cccc(Cl)c1. The highest BCUT2D eigenvalue weighted by molar-refractivity contribution is 6.52. The number of rotatable bonds is 2. The van der Waals surface area contributed by atoms with Crippen LogP contribution in [0, 0.1) is 12.7 Å². The second-order valence-electron chi connectivity index (χ2n) is 4.99. The Bertz CT molecular complexity index is 773. The zero-order chi connectivity index (χ0) is 15.1. The third-order valence-corrected chi connectivity index (χ3v) is 3.63. The summed E-state index contributed by atoms with van der Waals surface area (Å²) in [4.78, 5) is 25.2. The highest BCUT2D eigenvalue weighted by Gasteiger charge is 2.38. The van der Waals surface area contributed by atoms with Gasteiger partial charge < -0.3 is 0 Å². The van der Waals surface area contributed by atoms with Gasteiger partial charge in [0.2, 0.25) is 0 Å². The molecular formula is C16H11ClFNO2. The molecule has 0 radical (unpaired) electrons. The fraction of sp³-hybridized carbons (Fsp3) is 0.125. The van der Waals surface area contributed by atoms with E-state index in [0.717, 1.165) is 10.5 Å². The lowest BCUT2D eigenvalue weighted by atomic mass is 10.1. The van der Waals surface area contributed by atoms with Gasteiger partial charge in [-0.05, 0) is 42.3 Å². The van der Waals surface area contributed by atoms with Crippen molar-refractivity contribution in [3.8, 4) is 0 Å². The van der Waals surface area contributed by atoms with Crippen molar-refractivity contribution in [2.45, 2.75) is 13.5 Å². The number of fused-ring (bicyclic) bond motifs is 1. The van der Waals surface area contributed by atoms with Crippen LogP contribution in [0.15, 0.2) is 36.4 Å². The maximum absolute atomic E-state index is 14.2. The van der Waals surface area contributed by atoms with Gasteiger partial charge in [0.05, 0.1) is 17.8 Å². The highest BCUT2D eigenvalue weighted by atomic mass is 35.5. The number of anilines is 1. The molecule has 0 fully saturated rings. The first kappa shape index (κ1) is 13.8. The van der Waals surface area contributed by atoms with Crippen LogP contribution in [0.5, 0.6) is 0 Å². The molecule has 21 heavy (non-hydrogen) atoms. The van der Waals surface area contributed by atoms with Crippen LogP contribution < -0.4 is 4.90 Å². The average molecular weight is 304 g/mol. The van der Waals surface area contributed by atoms with E-state index < -0.39 is 17.5 Å². The third kappa shape index (κ3) is 2.32. The van der Waals surface area contributed by atoms with Gasteiger partial charge >= 0.3 is 0 Å². The first-order valence-corrected chi connectivity index (χ1v) is 6.76. The fourth-order valence-electron chi connectivity index (χ4n) is 2.49. The Hall–Kier alpha value is -2.20. The van der Waals surface area contributed by atoms with Crippen LogP contribution in [0.3, 0.4) is 0 Å². The van der Waals surface area contributed by atoms with Crippen molar-refractivity contribution in [1.82, 2.24) is 0 Å². The van der Waals surface area contributed by atoms with E-state index in [1.54, 1.807) is 31.2 Å². The van der Waals surface area contributed by atoms with Crippen LogP contribution in [0.25, 0.3) is 0 Å². The number of benzene rings is 2. The first-order valence-electron chi connectivity index (χ1n) is 6.38. The molecule has 0 atom stereocenters.